The van der Waals surface area contributed by atoms with E-state index < -0.39 is 0 Å². The lowest BCUT2D eigenvalue weighted by atomic mass is 9.86. The van der Waals surface area contributed by atoms with Crippen molar-refractivity contribution in [1.82, 2.24) is 19.6 Å². The number of hydrogen-bond donors (Lipinski definition) is 0. The van der Waals surface area contributed by atoms with Gasteiger partial charge in [0.15, 0.2) is 0 Å². The predicted octanol–water partition coefficient (Wildman–Crippen LogP) is 4.06. The third-order valence-electron chi connectivity index (χ3n) is 5.52. The quantitative estimate of drug-likeness (QED) is 0.773. The van der Waals surface area contributed by atoms with E-state index in [9.17, 15) is 4.79 Å². The van der Waals surface area contributed by atoms with Gasteiger partial charge in [0.25, 0.3) is 0 Å². The van der Waals surface area contributed by atoms with Gasteiger partial charge in [-0.1, -0.05) is 29.3 Å². The Hall–Kier alpha value is -1.56. The topological polar surface area (TPSA) is 41.4 Å². The maximum absolute atomic E-state index is 12.6. The van der Waals surface area contributed by atoms with E-state index in [0.29, 0.717) is 10.0 Å². The number of aryl methyl sites for hydroxylation is 1. The first-order valence-corrected chi connectivity index (χ1v) is 9.67. The standard InChI is InChI=1S/C19H22Cl2N4O/c1-14-9-22-25(10-14)18(26)24-7-5-19(13-24)4-6-23(12-19)11-15-2-3-16(20)17(21)8-15/h2-3,8-10H,4-7,11-13H2,1H3/t19-/m0/s1. The number of hydrogen-bond acceptors (Lipinski definition) is 3. The zero-order chi connectivity index (χ0) is 18.3. The Morgan fingerprint density at radius 1 is 1.19 bits per heavy atom. The van der Waals surface area contributed by atoms with Gasteiger partial charge in [-0.15, -0.1) is 0 Å². The molecular formula is C19H22Cl2N4O. The van der Waals surface area contributed by atoms with E-state index in [4.69, 9.17) is 23.2 Å². The lowest BCUT2D eigenvalue weighted by Gasteiger charge is -2.24. The second kappa shape index (κ2) is 6.87. The van der Waals surface area contributed by atoms with E-state index in [2.05, 4.69) is 10.00 Å². The van der Waals surface area contributed by atoms with Gasteiger partial charge in [-0.25, -0.2) is 4.79 Å². The van der Waals surface area contributed by atoms with E-state index in [1.807, 2.05) is 30.0 Å². The summed E-state index contributed by atoms with van der Waals surface area (Å²) >= 11 is 12.1. The minimum absolute atomic E-state index is 0.0158. The first-order chi connectivity index (χ1) is 12.4. The molecule has 0 aliphatic carbocycles. The first-order valence-electron chi connectivity index (χ1n) is 8.91. The number of amides is 1. The van der Waals surface area contributed by atoms with Gasteiger partial charge in [-0.05, 0) is 49.6 Å². The molecule has 1 spiro atoms. The lowest BCUT2D eigenvalue weighted by molar-refractivity contribution is 0.196. The minimum atomic E-state index is -0.0158. The Balaban J connectivity index is 1.38. The molecule has 2 aromatic rings. The number of aromatic nitrogens is 2. The summed E-state index contributed by atoms with van der Waals surface area (Å²) in [6.45, 7) is 6.48. The Labute approximate surface area is 163 Å². The molecule has 2 fully saturated rings. The van der Waals surface area contributed by atoms with Crippen LogP contribution in [0.25, 0.3) is 0 Å². The monoisotopic (exact) mass is 392 g/mol. The zero-order valence-electron chi connectivity index (χ0n) is 14.8. The van der Waals surface area contributed by atoms with Gasteiger partial charge in [0.2, 0.25) is 0 Å². The summed E-state index contributed by atoms with van der Waals surface area (Å²) < 4.78 is 1.46. The maximum atomic E-state index is 12.6. The first kappa shape index (κ1) is 17.8. The Kier molecular flexibility index (Phi) is 4.71. The van der Waals surface area contributed by atoms with Crippen molar-refractivity contribution in [3.05, 3.63) is 51.8 Å². The largest absolute Gasteiger partial charge is 0.344 e. The van der Waals surface area contributed by atoms with E-state index in [1.54, 1.807) is 12.4 Å². The van der Waals surface area contributed by atoms with Crippen LogP contribution in [0, 0.1) is 12.3 Å². The summed E-state index contributed by atoms with van der Waals surface area (Å²) in [6.07, 6.45) is 5.68. The molecule has 5 nitrogen and oxygen atoms in total. The SMILES string of the molecule is Cc1cnn(C(=O)N2CC[C@]3(CCN(Cc4ccc(Cl)c(Cl)c4)C3)C2)c1. The predicted molar refractivity (Wildman–Crippen MR) is 103 cm³/mol. The van der Waals surface area contributed by atoms with Crippen LogP contribution in [0.1, 0.15) is 24.0 Å². The summed E-state index contributed by atoms with van der Waals surface area (Å²) in [5.41, 5.74) is 2.38. The van der Waals surface area contributed by atoms with Gasteiger partial charge in [-0.3, -0.25) is 4.90 Å². The molecule has 0 radical (unpaired) electrons. The Morgan fingerprint density at radius 3 is 2.73 bits per heavy atom. The van der Waals surface area contributed by atoms with Crippen molar-refractivity contribution >= 4 is 29.2 Å². The summed E-state index contributed by atoms with van der Waals surface area (Å²) in [5.74, 6) is 0. The van der Waals surface area contributed by atoms with Crippen LogP contribution in [0.4, 0.5) is 4.79 Å². The highest BCUT2D eigenvalue weighted by molar-refractivity contribution is 6.42. The molecule has 1 amide bonds. The summed E-state index contributed by atoms with van der Waals surface area (Å²) in [6, 6.07) is 5.81. The molecule has 0 saturated carbocycles. The molecule has 26 heavy (non-hydrogen) atoms. The second-order valence-corrected chi connectivity index (χ2v) is 8.44. The number of halogens is 2. The van der Waals surface area contributed by atoms with Gasteiger partial charge in [0.1, 0.15) is 0 Å². The normalized spacial score (nSPS) is 23.3. The maximum Gasteiger partial charge on any atom is 0.344 e. The fraction of sp³-hybridized carbons (Fsp3) is 0.474. The fourth-order valence-corrected chi connectivity index (χ4v) is 4.47. The van der Waals surface area contributed by atoms with Gasteiger partial charge < -0.3 is 4.90 Å². The highest BCUT2D eigenvalue weighted by Gasteiger charge is 2.44. The van der Waals surface area contributed by atoms with E-state index in [-0.39, 0.29) is 11.4 Å². The Bertz CT molecular complexity index is 837. The molecule has 1 atom stereocenters. The molecule has 1 aromatic heterocycles. The lowest BCUT2D eigenvalue weighted by Crippen LogP contribution is -2.36. The molecule has 0 unspecified atom stereocenters. The summed E-state index contributed by atoms with van der Waals surface area (Å²) in [5, 5.41) is 5.35. The van der Waals surface area contributed by atoms with Gasteiger partial charge in [0, 0.05) is 37.8 Å². The van der Waals surface area contributed by atoms with E-state index in [0.717, 1.165) is 51.1 Å². The number of likely N-dealkylation sites (tertiary alicyclic amines) is 2. The molecular weight excluding hydrogens is 371 g/mol. The molecule has 0 bridgehead atoms. The van der Waals surface area contributed by atoms with Crippen molar-refractivity contribution in [1.29, 1.82) is 0 Å². The van der Waals surface area contributed by atoms with Crippen LogP contribution in [0.2, 0.25) is 10.0 Å². The average Bonchev–Trinajstić information content (AvgIpc) is 3.32. The van der Waals surface area contributed by atoms with Gasteiger partial charge in [-0.2, -0.15) is 9.78 Å². The van der Waals surface area contributed by atoms with Crippen LogP contribution in [0.15, 0.2) is 30.6 Å². The molecule has 2 aliphatic heterocycles. The third kappa shape index (κ3) is 3.48. The van der Waals surface area contributed by atoms with Crippen molar-refractivity contribution in [2.75, 3.05) is 26.2 Å². The van der Waals surface area contributed by atoms with Crippen molar-refractivity contribution < 1.29 is 4.79 Å². The van der Waals surface area contributed by atoms with Crippen LogP contribution < -0.4 is 0 Å². The van der Waals surface area contributed by atoms with Crippen LogP contribution in [0.5, 0.6) is 0 Å². The number of carbonyl (C=O) groups excluding carboxylic acids is 1. The van der Waals surface area contributed by atoms with Crippen molar-refractivity contribution in [3.8, 4) is 0 Å². The molecule has 3 heterocycles. The smallest absolute Gasteiger partial charge is 0.322 e. The average molecular weight is 393 g/mol. The van der Waals surface area contributed by atoms with Crippen LogP contribution in [-0.4, -0.2) is 51.8 Å². The number of benzene rings is 1. The van der Waals surface area contributed by atoms with E-state index >= 15 is 0 Å². The van der Waals surface area contributed by atoms with E-state index in [1.165, 1.54) is 10.2 Å². The van der Waals surface area contributed by atoms with Crippen molar-refractivity contribution in [3.63, 3.8) is 0 Å². The molecule has 1 aromatic carbocycles. The highest BCUT2D eigenvalue weighted by atomic mass is 35.5. The molecule has 0 N–H and O–H groups in total. The van der Waals surface area contributed by atoms with Gasteiger partial charge in [0.05, 0.1) is 16.2 Å². The summed E-state index contributed by atoms with van der Waals surface area (Å²) in [7, 11) is 0. The van der Waals surface area contributed by atoms with Crippen LogP contribution in [0.3, 0.4) is 0 Å². The summed E-state index contributed by atoms with van der Waals surface area (Å²) in [4.78, 5) is 17.0. The Morgan fingerprint density at radius 2 is 2.00 bits per heavy atom. The number of carbonyl (C=O) groups is 1. The highest BCUT2D eigenvalue weighted by Crippen LogP contribution is 2.40. The third-order valence-corrected chi connectivity index (χ3v) is 6.26. The van der Waals surface area contributed by atoms with Crippen LogP contribution in [-0.2, 0) is 6.54 Å². The fourth-order valence-electron chi connectivity index (χ4n) is 4.15. The number of rotatable bonds is 2. The second-order valence-electron chi connectivity index (χ2n) is 7.63. The molecule has 4 rings (SSSR count). The van der Waals surface area contributed by atoms with Crippen molar-refractivity contribution in [2.24, 2.45) is 5.41 Å². The van der Waals surface area contributed by atoms with Crippen molar-refractivity contribution in [2.45, 2.75) is 26.3 Å². The molecule has 2 aliphatic rings. The molecule has 7 heteroatoms. The minimum Gasteiger partial charge on any atom is -0.322 e. The zero-order valence-corrected chi connectivity index (χ0v) is 16.3. The van der Waals surface area contributed by atoms with Gasteiger partial charge >= 0.3 is 6.03 Å². The number of nitrogens with zero attached hydrogens (tertiary/aromatic N) is 4. The molecule has 138 valence electrons. The van der Waals surface area contributed by atoms with Crippen LogP contribution >= 0.6 is 23.2 Å². The molecule has 2 saturated heterocycles.